The Kier molecular flexibility index (Phi) is 6.57. The largest absolute Gasteiger partial charge is 0.377 e. The quantitative estimate of drug-likeness (QED) is 0.762. The van der Waals surface area contributed by atoms with E-state index in [1.807, 2.05) is 0 Å². The summed E-state index contributed by atoms with van der Waals surface area (Å²) in [5, 5.41) is 3.59. The molecule has 0 radical (unpaired) electrons. The molecule has 2 heterocycles. The summed E-state index contributed by atoms with van der Waals surface area (Å²) in [7, 11) is 2.19. The summed E-state index contributed by atoms with van der Waals surface area (Å²) in [6, 6.07) is 0.474. The first-order chi connectivity index (χ1) is 9.25. The minimum absolute atomic E-state index is 0.423. The molecule has 3 atom stereocenters. The highest BCUT2D eigenvalue weighted by atomic mass is 16.5. The number of nitrogens with zero attached hydrogens (tertiary/aromatic N) is 1. The normalized spacial score (nSPS) is 29.8. The van der Waals surface area contributed by atoms with Gasteiger partial charge in [-0.25, -0.2) is 0 Å². The van der Waals surface area contributed by atoms with Gasteiger partial charge in [0.25, 0.3) is 0 Å². The summed E-state index contributed by atoms with van der Waals surface area (Å²) < 4.78 is 11.5. The summed E-state index contributed by atoms with van der Waals surface area (Å²) in [4.78, 5) is 2.38. The summed E-state index contributed by atoms with van der Waals surface area (Å²) in [5.74, 6) is 0. The highest BCUT2D eigenvalue weighted by molar-refractivity contribution is 4.77. The molecule has 0 aromatic heterocycles. The lowest BCUT2D eigenvalue weighted by Crippen LogP contribution is -2.42. The second kappa shape index (κ2) is 8.20. The molecular weight excluding hydrogens is 240 g/mol. The van der Waals surface area contributed by atoms with E-state index >= 15 is 0 Å². The molecule has 0 aliphatic carbocycles. The molecule has 0 saturated carbocycles. The Bertz CT molecular complexity index is 238. The Morgan fingerprint density at radius 3 is 2.68 bits per heavy atom. The maximum absolute atomic E-state index is 5.78. The van der Waals surface area contributed by atoms with Gasteiger partial charge in [0.2, 0.25) is 0 Å². The van der Waals surface area contributed by atoms with Crippen LogP contribution in [0.1, 0.15) is 39.0 Å². The Labute approximate surface area is 117 Å². The van der Waals surface area contributed by atoms with Crippen LogP contribution in [0, 0.1) is 0 Å². The fourth-order valence-electron chi connectivity index (χ4n) is 3.00. The van der Waals surface area contributed by atoms with Gasteiger partial charge in [-0.3, -0.25) is 0 Å². The van der Waals surface area contributed by atoms with Crippen LogP contribution in [-0.4, -0.2) is 63.0 Å². The molecule has 4 heteroatoms. The van der Waals surface area contributed by atoms with Gasteiger partial charge in [-0.05, 0) is 46.1 Å². The Hall–Kier alpha value is -0.160. The molecule has 0 aromatic rings. The molecule has 0 spiro atoms. The highest BCUT2D eigenvalue weighted by Crippen LogP contribution is 2.15. The SMILES string of the molecule is CC(NCCN(C)CC1CCCCO1)C1CCCO1. The van der Waals surface area contributed by atoms with Crippen molar-refractivity contribution in [3.8, 4) is 0 Å². The Balaban J connectivity index is 1.54. The number of likely N-dealkylation sites (N-methyl/N-ethyl adjacent to an activating group) is 1. The third-order valence-corrected chi connectivity index (χ3v) is 4.27. The van der Waals surface area contributed by atoms with Gasteiger partial charge in [0.15, 0.2) is 0 Å². The van der Waals surface area contributed by atoms with Crippen molar-refractivity contribution < 1.29 is 9.47 Å². The maximum Gasteiger partial charge on any atom is 0.0726 e. The van der Waals surface area contributed by atoms with Crippen LogP contribution in [0.5, 0.6) is 0 Å². The van der Waals surface area contributed by atoms with Gasteiger partial charge < -0.3 is 19.7 Å². The van der Waals surface area contributed by atoms with Gasteiger partial charge in [-0.15, -0.1) is 0 Å². The van der Waals surface area contributed by atoms with Gasteiger partial charge in [-0.2, -0.15) is 0 Å². The van der Waals surface area contributed by atoms with E-state index < -0.39 is 0 Å². The van der Waals surface area contributed by atoms with Gasteiger partial charge >= 0.3 is 0 Å². The number of nitrogens with one attached hydrogen (secondary N) is 1. The van der Waals surface area contributed by atoms with Crippen molar-refractivity contribution in [2.45, 2.75) is 57.3 Å². The van der Waals surface area contributed by atoms with E-state index in [1.54, 1.807) is 0 Å². The fourth-order valence-corrected chi connectivity index (χ4v) is 3.00. The van der Waals surface area contributed by atoms with Gasteiger partial charge in [0, 0.05) is 38.9 Å². The number of rotatable bonds is 7. The average Bonchev–Trinajstić information content (AvgIpc) is 2.93. The predicted molar refractivity (Wildman–Crippen MR) is 77.5 cm³/mol. The molecule has 0 bridgehead atoms. The van der Waals surface area contributed by atoms with E-state index in [-0.39, 0.29) is 0 Å². The Morgan fingerprint density at radius 2 is 2.00 bits per heavy atom. The number of ether oxygens (including phenoxy) is 2. The molecule has 19 heavy (non-hydrogen) atoms. The molecule has 112 valence electrons. The van der Waals surface area contributed by atoms with Crippen LogP contribution >= 0.6 is 0 Å². The van der Waals surface area contributed by atoms with E-state index in [1.165, 1.54) is 32.1 Å². The molecule has 1 N–H and O–H groups in total. The van der Waals surface area contributed by atoms with Crippen LogP contribution in [0.15, 0.2) is 0 Å². The second-order valence-corrected chi connectivity index (χ2v) is 6.05. The second-order valence-electron chi connectivity index (χ2n) is 6.05. The molecule has 2 fully saturated rings. The topological polar surface area (TPSA) is 33.7 Å². The van der Waals surface area contributed by atoms with Crippen LogP contribution < -0.4 is 5.32 Å². The van der Waals surface area contributed by atoms with Crippen LogP contribution in [0.2, 0.25) is 0 Å². The van der Waals surface area contributed by atoms with E-state index in [0.29, 0.717) is 18.2 Å². The third-order valence-electron chi connectivity index (χ3n) is 4.27. The zero-order valence-corrected chi connectivity index (χ0v) is 12.6. The average molecular weight is 270 g/mol. The van der Waals surface area contributed by atoms with Gasteiger partial charge in [0.05, 0.1) is 12.2 Å². The fraction of sp³-hybridized carbons (Fsp3) is 1.00. The summed E-state index contributed by atoms with van der Waals surface area (Å²) in [5.41, 5.74) is 0. The molecule has 3 unspecified atom stereocenters. The van der Waals surface area contributed by atoms with Crippen molar-refractivity contribution in [3.05, 3.63) is 0 Å². The predicted octanol–water partition coefficient (Wildman–Crippen LogP) is 1.64. The Morgan fingerprint density at radius 1 is 1.16 bits per heavy atom. The molecule has 2 saturated heterocycles. The number of hydrogen-bond acceptors (Lipinski definition) is 4. The van der Waals surface area contributed by atoms with Crippen LogP contribution in [0.3, 0.4) is 0 Å². The lowest BCUT2D eigenvalue weighted by molar-refractivity contribution is -0.00153. The first kappa shape index (κ1) is 15.2. The molecule has 2 rings (SSSR count). The van der Waals surface area contributed by atoms with E-state index in [4.69, 9.17) is 9.47 Å². The van der Waals surface area contributed by atoms with E-state index in [2.05, 4.69) is 24.2 Å². The first-order valence-corrected chi connectivity index (χ1v) is 7.91. The van der Waals surface area contributed by atoms with Crippen molar-refractivity contribution in [1.82, 2.24) is 10.2 Å². The molecule has 2 aliphatic rings. The van der Waals surface area contributed by atoms with Crippen molar-refractivity contribution >= 4 is 0 Å². The number of hydrogen-bond donors (Lipinski definition) is 1. The lowest BCUT2D eigenvalue weighted by Gasteiger charge is -2.28. The minimum Gasteiger partial charge on any atom is -0.377 e. The smallest absolute Gasteiger partial charge is 0.0726 e. The minimum atomic E-state index is 0.423. The third kappa shape index (κ3) is 5.38. The van der Waals surface area contributed by atoms with Crippen molar-refractivity contribution in [2.75, 3.05) is 39.9 Å². The lowest BCUT2D eigenvalue weighted by atomic mass is 10.1. The van der Waals surface area contributed by atoms with Crippen LogP contribution in [0.4, 0.5) is 0 Å². The standard InChI is InChI=1S/C15H30N2O2/c1-13(15-7-5-11-19-15)16-8-9-17(2)12-14-6-3-4-10-18-14/h13-16H,3-12H2,1-2H3. The first-order valence-electron chi connectivity index (χ1n) is 7.91. The monoisotopic (exact) mass is 270 g/mol. The zero-order chi connectivity index (χ0) is 13.5. The van der Waals surface area contributed by atoms with E-state index in [0.717, 1.165) is 32.8 Å². The van der Waals surface area contributed by atoms with Crippen LogP contribution in [-0.2, 0) is 9.47 Å². The van der Waals surface area contributed by atoms with Crippen molar-refractivity contribution in [1.29, 1.82) is 0 Å². The van der Waals surface area contributed by atoms with Crippen molar-refractivity contribution in [3.63, 3.8) is 0 Å². The summed E-state index contributed by atoms with van der Waals surface area (Å²) in [6.45, 7) is 7.31. The van der Waals surface area contributed by atoms with Crippen LogP contribution in [0.25, 0.3) is 0 Å². The molecule has 0 amide bonds. The molecule has 4 nitrogen and oxygen atoms in total. The highest BCUT2D eigenvalue weighted by Gasteiger charge is 2.22. The molecule has 0 aromatic carbocycles. The summed E-state index contributed by atoms with van der Waals surface area (Å²) >= 11 is 0. The molecular formula is C15H30N2O2. The zero-order valence-electron chi connectivity index (χ0n) is 12.6. The maximum atomic E-state index is 5.78. The van der Waals surface area contributed by atoms with E-state index in [9.17, 15) is 0 Å². The van der Waals surface area contributed by atoms with Gasteiger partial charge in [0.1, 0.15) is 0 Å². The molecule has 2 aliphatic heterocycles. The summed E-state index contributed by atoms with van der Waals surface area (Å²) in [6.07, 6.45) is 7.09. The van der Waals surface area contributed by atoms with Crippen molar-refractivity contribution in [2.24, 2.45) is 0 Å². The van der Waals surface area contributed by atoms with Gasteiger partial charge in [-0.1, -0.05) is 0 Å².